The van der Waals surface area contributed by atoms with E-state index in [9.17, 15) is 9.59 Å². The second-order valence-corrected chi connectivity index (χ2v) is 4.41. The molecular weight excluding hydrogens is 246 g/mol. The topological polar surface area (TPSA) is 66.8 Å². The minimum absolute atomic E-state index is 0.185. The van der Waals surface area contributed by atoms with Crippen LogP contribution in [0.3, 0.4) is 0 Å². The van der Waals surface area contributed by atoms with Crippen LogP contribution in [-0.4, -0.2) is 42.1 Å². The van der Waals surface area contributed by atoms with Gasteiger partial charge in [-0.2, -0.15) is 0 Å². The number of hydrogen-bond donors (Lipinski definition) is 1. The Morgan fingerprint density at radius 1 is 1.26 bits per heavy atom. The van der Waals surface area contributed by atoms with E-state index >= 15 is 0 Å². The molecule has 5 heteroatoms. The molecule has 0 bridgehead atoms. The van der Waals surface area contributed by atoms with Crippen LogP contribution >= 0.6 is 0 Å². The molecule has 0 saturated carbocycles. The molecule has 19 heavy (non-hydrogen) atoms. The first-order chi connectivity index (χ1) is 8.99. The van der Waals surface area contributed by atoms with Crippen LogP contribution in [0.25, 0.3) is 0 Å². The Hall–Kier alpha value is -2.04. The van der Waals surface area contributed by atoms with Gasteiger partial charge < -0.3 is 14.7 Å². The summed E-state index contributed by atoms with van der Waals surface area (Å²) in [5.74, 6) is -0.418. The third kappa shape index (κ3) is 5.90. The molecule has 1 amide bonds. The van der Waals surface area contributed by atoms with E-state index < -0.39 is 5.97 Å². The first-order valence-electron chi connectivity index (χ1n) is 6.14. The Morgan fingerprint density at radius 3 is 2.47 bits per heavy atom. The van der Waals surface area contributed by atoms with E-state index in [0.717, 1.165) is 11.3 Å². The van der Waals surface area contributed by atoms with Gasteiger partial charge in [-0.15, -0.1) is 0 Å². The van der Waals surface area contributed by atoms with Crippen LogP contribution in [-0.2, 0) is 9.59 Å². The van der Waals surface area contributed by atoms with Crippen molar-refractivity contribution in [2.24, 2.45) is 0 Å². The predicted octanol–water partition coefficient (Wildman–Crippen LogP) is 1.70. The SMILES string of the molecule is Cc1ccc(OCCCC(=O)N(C)CC(=O)O)cc1. The Kier molecular flexibility index (Phi) is 5.85. The molecule has 0 unspecified atom stereocenters. The molecule has 1 N–H and O–H groups in total. The first kappa shape index (κ1) is 15.0. The normalized spacial score (nSPS) is 10.0. The zero-order valence-corrected chi connectivity index (χ0v) is 11.3. The molecule has 0 heterocycles. The minimum atomic E-state index is -1.01. The largest absolute Gasteiger partial charge is 0.494 e. The smallest absolute Gasteiger partial charge is 0.323 e. The van der Waals surface area contributed by atoms with Crippen molar-refractivity contribution in [2.75, 3.05) is 20.2 Å². The number of carboxylic acid groups (broad SMARTS) is 1. The number of amides is 1. The van der Waals surface area contributed by atoms with E-state index in [0.29, 0.717) is 13.0 Å². The average Bonchev–Trinajstić information content (AvgIpc) is 2.35. The van der Waals surface area contributed by atoms with Crippen LogP contribution in [0.1, 0.15) is 18.4 Å². The highest BCUT2D eigenvalue weighted by molar-refractivity contribution is 5.80. The Labute approximate surface area is 112 Å². The summed E-state index contributed by atoms with van der Waals surface area (Å²) in [4.78, 5) is 23.2. The summed E-state index contributed by atoms with van der Waals surface area (Å²) in [7, 11) is 1.48. The highest BCUT2D eigenvalue weighted by Crippen LogP contribution is 2.11. The second kappa shape index (κ2) is 7.41. The van der Waals surface area contributed by atoms with Crippen molar-refractivity contribution in [3.05, 3.63) is 29.8 Å². The Bertz CT molecular complexity index is 428. The molecule has 0 aliphatic heterocycles. The summed E-state index contributed by atoms with van der Waals surface area (Å²) in [6.07, 6.45) is 0.853. The molecular formula is C14H19NO4. The predicted molar refractivity (Wildman–Crippen MR) is 71.2 cm³/mol. The van der Waals surface area contributed by atoms with Crippen molar-refractivity contribution in [1.82, 2.24) is 4.90 Å². The minimum Gasteiger partial charge on any atom is -0.494 e. The summed E-state index contributed by atoms with van der Waals surface area (Å²) in [5.41, 5.74) is 1.16. The molecule has 0 radical (unpaired) electrons. The van der Waals surface area contributed by atoms with Crippen LogP contribution in [0.5, 0.6) is 5.75 Å². The van der Waals surface area contributed by atoms with E-state index in [4.69, 9.17) is 9.84 Å². The second-order valence-electron chi connectivity index (χ2n) is 4.41. The molecule has 0 atom stereocenters. The Morgan fingerprint density at radius 2 is 1.89 bits per heavy atom. The summed E-state index contributed by atoms with van der Waals surface area (Å²) in [6.45, 7) is 2.17. The number of hydrogen-bond acceptors (Lipinski definition) is 3. The van der Waals surface area contributed by atoms with Crippen molar-refractivity contribution >= 4 is 11.9 Å². The van der Waals surface area contributed by atoms with Crippen LogP contribution in [0.4, 0.5) is 0 Å². The number of ether oxygens (including phenoxy) is 1. The van der Waals surface area contributed by atoms with Gasteiger partial charge in [-0.3, -0.25) is 9.59 Å². The van der Waals surface area contributed by atoms with Crippen molar-refractivity contribution in [2.45, 2.75) is 19.8 Å². The number of aliphatic carboxylic acids is 1. The fourth-order valence-corrected chi connectivity index (χ4v) is 1.53. The van der Waals surface area contributed by atoms with Gasteiger partial charge in [0.2, 0.25) is 5.91 Å². The highest BCUT2D eigenvalue weighted by atomic mass is 16.5. The summed E-state index contributed by atoms with van der Waals surface area (Å²) >= 11 is 0. The molecule has 0 saturated heterocycles. The highest BCUT2D eigenvalue weighted by Gasteiger charge is 2.11. The summed E-state index contributed by atoms with van der Waals surface area (Å²) < 4.78 is 5.49. The van der Waals surface area contributed by atoms with Gasteiger partial charge in [-0.25, -0.2) is 0 Å². The van der Waals surface area contributed by atoms with Crippen LogP contribution in [0.15, 0.2) is 24.3 Å². The molecule has 0 aliphatic carbocycles. The fraction of sp³-hybridized carbons (Fsp3) is 0.429. The van der Waals surface area contributed by atoms with Crippen molar-refractivity contribution < 1.29 is 19.4 Å². The van der Waals surface area contributed by atoms with E-state index in [-0.39, 0.29) is 18.9 Å². The van der Waals surface area contributed by atoms with Crippen LogP contribution in [0.2, 0.25) is 0 Å². The van der Waals surface area contributed by atoms with E-state index in [1.54, 1.807) is 0 Å². The third-order valence-electron chi connectivity index (χ3n) is 2.62. The zero-order chi connectivity index (χ0) is 14.3. The van der Waals surface area contributed by atoms with Crippen molar-refractivity contribution in [3.63, 3.8) is 0 Å². The van der Waals surface area contributed by atoms with Gasteiger partial charge >= 0.3 is 5.97 Å². The van der Waals surface area contributed by atoms with Gasteiger partial charge in [-0.05, 0) is 25.5 Å². The number of carbonyl (C=O) groups excluding carboxylic acids is 1. The number of carboxylic acids is 1. The maximum absolute atomic E-state index is 11.5. The molecule has 0 aliphatic rings. The van der Waals surface area contributed by atoms with E-state index in [2.05, 4.69) is 0 Å². The number of carbonyl (C=O) groups is 2. The van der Waals surface area contributed by atoms with Gasteiger partial charge in [0.1, 0.15) is 12.3 Å². The summed E-state index contributed by atoms with van der Waals surface area (Å²) in [6, 6.07) is 7.68. The lowest BCUT2D eigenvalue weighted by Gasteiger charge is -2.14. The van der Waals surface area contributed by atoms with Crippen molar-refractivity contribution in [3.8, 4) is 5.75 Å². The van der Waals surface area contributed by atoms with Gasteiger partial charge in [0.25, 0.3) is 0 Å². The maximum Gasteiger partial charge on any atom is 0.323 e. The first-order valence-corrected chi connectivity index (χ1v) is 6.14. The van der Waals surface area contributed by atoms with Gasteiger partial charge in [-0.1, -0.05) is 17.7 Å². The number of aryl methyl sites for hydroxylation is 1. The fourth-order valence-electron chi connectivity index (χ4n) is 1.53. The number of rotatable bonds is 7. The lowest BCUT2D eigenvalue weighted by Crippen LogP contribution is -2.31. The quantitative estimate of drug-likeness (QED) is 0.762. The van der Waals surface area contributed by atoms with E-state index in [1.807, 2.05) is 31.2 Å². The molecule has 1 rings (SSSR count). The average molecular weight is 265 g/mol. The summed E-state index contributed by atoms with van der Waals surface area (Å²) in [5, 5.41) is 8.56. The maximum atomic E-state index is 11.5. The van der Waals surface area contributed by atoms with Gasteiger partial charge in [0.05, 0.1) is 6.61 Å². The number of likely N-dealkylation sites (N-methyl/N-ethyl adjacent to an activating group) is 1. The lowest BCUT2D eigenvalue weighted by atomic mass is 10.2. The van der Waals surface area contributed by atoms with Crippen molar-refractivity contribution in [1.29, 1.82) is 0 Å². The standard InChI is InChI=1S/C14H19NO4/c1-11-5-7-12(8-6-11)19-9-3-4-13(16)15(2)10-14(17)18/h5-8H,3-4,9-10H2,1-2H3,(H,17,18). The molecule has 0 fully saturated rings. The van der Waals surface area contributed by atoms with Crippen LogP contribution in [0, 0.1) is 6.92 Å². The number of benzene rings is 1. The van der Waals surface area contributed by atoms with Crippen LogP contribution < -0.4 is 4.74 Å². The monoisotopic (exact) mass is 265 g/mol. The lowest BCUT2D eigenvalue weighted by molar-refractivity contribution is -0.143. The molecule has 0 aromatic heterocycles. The van der Waals surface area contributed by atoms with Gasteiger partial charge in [0, 0.05) is 13.5 Å². The molecule has 104 valence electrons. The molecule has 1 aromatic rings. The third-order valence-corrected chi connectivity index (χ3v) is 2.62. The number of nitrogens with zero attached hydrogens (tertiary/aromatic N) is 1. The van der Waals surface area contributed by atoms with E-state index in [1.165, 1.54) is 11.9 Å². The molecule has 1 aromatic carbocycles. The Balaban J connectivity index is 2.21. The molecule has 5 nitrogen and oxygen atoms in total. The van der Waals surface area contributed by atoms with Gasteiger partial charge in [0.15, 0.2) is 0 Å². The molecule has 0 spiro atoms. The zero-order valence-electron chi connectivity index (χ0n) is 11.3.